The zero-order valence-electron chi connectivity index (χ0n) is 14.5. The van der Waals surface area contributed by atoms with Gasteiger partial charge in [-0.3, -0.25) is 0 Å². The number of halogens is 2. The summed E-state index contributed by atoms with van der Waals surface area (Å²) in [5.41, 5.74) is 0. The molecule has 2 heterocycles. The van der Waals surface area contributed by atoms with Gasteiger partial charge in [0.15, 0.2) is 0 Å². The zero-order valence-corrected chi connectivity index (χ0v) is 18.5. The zero-order chi connectivity index (χ0) is 14.9. The molecule has 0 aromatic heterocycles. The van der Waals surface area contributed by atoms with Gasteiger partial charge in [0, 0.05) is 0 Å². The predicted molar refractivity (Wildman–Crippen MR) is 95.0 cm³/mol. The Balaban J connectivity index is 0.00000242. The maximum Gasteiger partial charge on any atom is -1.00 e. The fourth-order valence-electron chi connectivity index (χ4n) is 3.26. The third kappa shape index (κ3) is 7.98. The standard InChI is InChI=1S/2C9H14B.2ClH.Zr/c2*1-2-3-7-10-8-5-4-6-9-10;;;/h2*4-6H,2-3,7-8H2,1H3;2*1H;/q;;;;+2/p-2. The molecular weight excluding hydrogens is 400 g/mol. The van der Waals surface area contributed by atoms with Gasteiger partial charge in [-0.2, -0.15) is 0 Å². The van der Waals surface area contributed by atoms with Crippen LogP contribution in [0.3, 0.4) is 0 Å². The smallest absolute Gasteiger partial charge is 1.00 e. The number of hydrogen-bond acceptors (Lipinski definition) is 0. The van der Waals surface area contributed by atoms with Gasteiger partial charge in [-0.25, -0.2) is 0 Å². The molecule has 0 amide bonds. The van der Waals surface area contributed by atoms with Crippen LogP contribution in [-0.2, 0) is 23.2 Å². The van der Waals surface area contributed by atoms with Gasteiger partial charge >= 0.3 is 144 Å². The molecule has 2 aliphatic rings. The van der Waals surface area contributed by atoms with E-state index < -0.39 is 23.2 Å². The second kappa shape index (κ2) is 13.8. The fourth-order valence-corrected chi connectivity index (χ4v) is 7.25. The van der Waals surface area contributed by atoms with E-state index in [0.29, 0.717) is 0 Å². The Morgan fingerprint density at radius 1 is 0.826 bits per heavy atom. The maximum atomic E-state index is 2.48. The maximum absolute atomic E-state index is 2.48. The first-order valence-electron chi connectivity index (χ1n) is 8.85. The van der Waals surface area contributed by atoms with Crippen LogP contribution >= 0.6 is 0 Å². The second-order valence-corrected chi connectivity index (χ2v) is 9.83. The Kier molecular flexibility index (Phi) is 14.1. The van der Waals surface area contributed by atoms with Crippen molar-refractivity contribution in [3.05, 3.63) is 42.8 Å². The van der Waals surface area contributed by atoms with Crippen LogP contribution in [0.2, 0.25) is 25.3 Å². The molecule has 124 valence electrons. The Bertz CT molecular complexity index is 404. The van der Waals surface area contributed by atoms with Crippen LogP contribution in [0.15, 0.2) is 42.8 Å². The van der Waals surface area contributed by atoms with Crippen LogP contribution in [-0.4, -0.2) is 13.4 Å². The van der Waals surface area contributed by atoms with Crippen molar-refractivity contribution in [2.45, 2.75) is 64.8 Å². The molecule has 0 radical (unpaired) electrons. The van der Waals surface area contributed by atoms with Gasteiger partial charge in [0.05, 0.1) is 0 Å². The van der Waals surface area contributed by atoms with Crippen molar-refractivity contribution in [1.29, 1.82) is 0 Å². The van der Waals surface area contributed by atoms with Gasteiger partial charge in [0.2, 0.25) is 0 Å². The summed E-state index contributed by atoms with van der Waals surface area (Å²) in [6.45, 7) is 6.38. The minimum Gasteiger partial charge on any atom is -1.00 e. The van der Waals surface area contributed by atoms with Crippen molar-refractivity contribution in [2.24, 2.45) is 0 Å². The van der Waals surface area contributed by atoms with Gasteiger partial charge in [0.25, 0.3) is 0 Å². The summed E-state index contributed by atoms with van der Waals surface area (Å²) in [5, 5.41) is 0. The quantitative estimate of drug-likeness (QED) is 0.464. The minimum atomic E-state index is -0.532. The van der Waals surface area contributed by atoms with Gasteiger partial charge in [-0.1, -0.05) is 0 Å². The Hall–Kier alpha value is 0.553. The van der Waals surface area contributed by atoms with Crippen LogP contribution in [0.4, 0.5) is 0 Å². The molecule has 0 aromatic carbocycles. The first kappa shape index (κ1) is 23.6. The third-order valence-corrected chi connectivity index (χ3v) is 8.89. The summed E-state index contributed by atoms with van der Waals surface area (Å²) in [6, 6.07) is 0. The van der Waals surface area contributed by atoms with E-state index in [-0.39, 0.29) is 24.8 Å². The molecule has 0 N–H and O–H groups in total. The van der Waals surface area contributed by atoms with Crippen LogP contribution in [0, 0.1) is 0 Å². The van der Waals surface area contributed by atoms with E-state index in [2.05, 4.69) is 50.3 Å². The van der Waals surface area contributed by atoms with E-state index in [1.165, 1.54) is 51.0 Å². The van der Waals surface area contributed by atoms with E-state index in [0.717, 1.165) is 13.4 Å². The van der Waals surface area contributed by atoms with Gasteiger partial charge in [0.1, 0.15) is 0 Å². The molecular formula is C18H28B2Cl2Zr. The van der Waals surface area contributed by atoms with Crippen molar-refractivity contribution in [3.63, 3.8) is 0 Å². The second-order valence-electron chi connectivity index (χ2n) is 6.38. The van der Waals surface area contributed by atoms with Crippen LogP contribution in [0.1, 0.15) is 39.5 Å². The van der Waals surface area contributed by atoms with Crippen molar-refractivity contribution >= 4 is 13.4 Å². The van der Waals surface area contributed by atoms with Crippen LogP contribution in [0.25, 0.3) is 0 Å². The minimum absolute atomic E-state index is 0. The summed E-state index contributed by atoms with van der Waals surface area (Å²) >= 11 is -0.532. The van der Waals surface area contributed by atoms with Crippen molar-refractivity contribution in [3.8, 4) is 0 Å². The van der Waals surface area contributed by atoms with E-state index in [4.69, 9.17) is 0 Å². The molecule has 0 aromatic rings. The fraction of sp³-hybridized carbons (Fsp3) is 0.556. The third-order valence-electron chi connectivity index (χ3n) is 4.65. The summed E-state index contributed by atoms with van der Waals surface area (Å²) in [4.78, 5) is 0. The van der Waals surface area contributed by atoms with Crippen molar-refractivity contribution in [1.82, 2.24) is 0 Å². The topological polar surface area (TPSA) is 0 Å². The molecule has 0 bridgehead atoms. The first-order valence-corrected chi connectivity index (χ1v) is 11.3. The average molecular weight is 428 g/mol. The SMILES string of the molecule is CCCCB1CC=CC=[C]1[Zr+2][C]1=CC=CCB1CCCC.[Cl-].[Cl-]. The first-order chi connectivity index (χ1) is 10.3. The Labute approximate surface area is 168 Å². The van der Waals surface area contributed by atoms with Crippen molar-refractivity contribution < 1.29 is 48.0 Å². The number of rotatable bonds is 8. The molecule has 2 aliphatic heterocycles. The Morgan fingerprint density at radius 2 is 1.26 bits per heavy atom. The largest absolute Gasteiger partial charge is 1.00 e. The van der Waals surface area contributed by atoms with Gasteiger partial charge < -0.3 is 24.8 Å². The summed E-state index contributed by atoms with van der Waals surface area (Å²) in [5.74, 6) is 0. The number of unbranched alkanes of at least 4 members (excludes halogenated alkanes) is 2. The average Bonchev–Trinajstić information content (AvgIpc) is 2.53. The van der Waals surface area contributed by atoms with Crippen LogP contribution in [0.5, 0.6) is 0 Å². The normalized spacial score (nSPS) is 16.1. The van der Waals surface area contributed by atoms with Crippen LogP contribution < -0.4 is 24.8 Å². The van der Waals surface area contributed by atoms with Crippen molar-refractivity contribution in [2.75, 3.05) is 0 Å². The van der Waals surface area contributed by atoms with E-state index in [9.17, 15) is 0 Å². The van der Waals surface area contributed by atoms with Gasteiger partial charge in [-0.05, 0) is 0 Å². The molecule has 0 aliphatic carbocycles. The summed E-state index contributed by atoms with van der Waals surface area (Å²) < 4.78 is 3.72. The molecule has 5 heteroatoms. The van der Waals surface area contributed by atoms with E-state index >= 15 is 0 Å². The molecule has 0 fully saturated rings. The molecule has 0 nitrogen and oxygen atoms in total. The molecule has 0 unspecified atom stereocenters. The predicted octanol–water partition coefficient (Wildman–Crippen LogP) is -0.347. The monoisotopic (exact) mass is 426 g/mol. The van der Waals surface area contributed by atoms with Gasteiger partial charge in [-0.15, -0.1) is 0 Å². The Morgan fingerprint density at radius 3 is 1.65 bits per heavy atom. The molecule has 0 atom stereocenters. The van der Waals surface area contributed by atoms with E-state index in [1.807, 2.05) is 6.36 Å². The molecule has 2 rings (SSSR count). The molecule has 0 saturated carbocycles. The number of allylic oxidation sites excluding steroid dienone is 6. The molecule has 23 heavy (non-hydrogen) atoms. The molecule has 0 saturated heterocycles. The number of hydrogen-bond donors (Lipinski definition) is 0. The molecule has 0 spiro atoms. The van der Waals surface area contributed by atoms with E-state index in [1.54, 1.807) is 0 Å². The summed E-state index contributed by atoms with van der Waals surface area (Å²) in [6.07, 6.45) is 25.3. The summed E-state index contributed by atoms with van der Waals surface area (Å²) in [7, 11) is 0.